The van der Waals surface area contributed by atoms with Crippen molar-refractivity contribution in [3.8, 4) is 61.7 Å². The Hall–Kier alpha value is -6.65. The predicted octanol–water partition coefficient (Wildman–Crippen LogP) is 13.7. The largest absolute Gasteiger partial charge is 0.557 e. The monoisotopic (exact) mass is 926 g/mol. The van der Waals surface area contributed by atoms with Crippen molar-refractivity contribution >= 4 is 22.0 Å². The normalized spacial score (nSPS) is 10.9. The van der Waals surface area contributed by atoms with E-state index in [-0.39, 0.29) is 20.1 Å². The van der Waals surface area contributed by atoms with E-state index in [0.29, 0.717) is 0 Å². The number of rotatable bonds is 6. The Morgan fingerprint density at radius 2 is 1.24 bits per heavy atom. The quantitative estimate of drug-likeness (QED) is 0.156. The standard InChI is InChI=1S/C42H31N2O.C11H8N.Ir/c1-27-23-28(2)40(29(3)24-27)32-21-22-39-35(25-32)36(26-45-39)42-43-37-19-10-11-20-38(37)44(42)41-33(30-13-6-4-7-14-30)17-12-18-34(41)31-15-8-5-9-16-31;1-2-6-10(7-3-1)11-8-4-5-9-12-11;/h4-25H,1-3H3;1-6,8-9H;/q2*-1;. The number of hydrogen-bond donors (Lipinski definition) is 0. The number of para-hydroxylation sites is 3. The van der Waals surface area contributed by atoms with Crippen LogP contribution in [0.15, 0.2) is 187 Å². The SMILES string of the molecule is Cc1cc(C)c(-c2ccc3o[c-]c(-c4nc5ccccc5n4-c4c(-c5ccccc5)cccc4-c4ccccc4)c3c2)c(C)c1.[Ir].[c-]1ccccc1-c1ccccn1. The number of imidazole rings is 1. The Morgan fingerprint density at radius 1 is 0.586 bits per heavy atom. The van der Waals surface area contributed by atoms with Gasteiger partial charge in [0.15, 0.2) is 0 Å². The van der Waals surface area contributed by atoms with Crippen LogP contribution in [0.25, 0.3) is 83.7 Å². The molecule has 0 unspecified atom stereocenters. The van der Waals surface area contributed by atoms with Crippen LogP contribution >= 0.6 is 0 Å². The molecule has 0 aliphatic carbocycles. The molecule has 10 rings (SSSR count). The van der Waals surface area contributed by atoms with E-state index < -0.39 is 0 Å². The molecule has 0 aliphatic rings. The minimum Gasteiger partial charge on any atom is -0.557 e. The third kappa shape index (κ3) is 7.46. The molecule has 10 aromatic rings. The summed E-state index contributed by atoms with van der Waals surface area (Å²) in [5.74, 6) is 0.796. The van der Waals surface area contributed by atoms with E-state index >= 15 is 0 Å². The third-order valence-corrected chi connectivity index (χ3v) is 10.3. The Kier molecular flexibility index (Phi) is 11.1. The molecule has 0 atom stereocenters. The first-order valence-electron chi connectivity index (χ1n) is 19.2. The maximum absolute atomic E-state index is 6.11. The summed E-state index contributed by atoms with van der Waals surface area (Å²) < 4.78 is 8.41. The maximum Gasteiger partial charge on any atom is 0.0774 e. The summed E-state index contributed by atoms with van der Waals surface area (Å²) in [5.41, 5.74) is 17.4. The van der Waals surface area contributed by atoms with Crippen molar-refractivity contribution in [3.63, 3.8) is 0 Å². The topological polar surface area (TPSA) is 43.9 Å². The van der Waals surface area contributed by atoms with Crippen LogP contribution < -0.4 is 0 Å². The van der Waals surface area contributed by atoms with Gasteiger partial charge >= 0.3 is 0 Å². The third-order valence-electron chi connectivity index (χ3n) is 10.3. The average molecular weight is 926 g/mol. The van der Waals surface area contributed by atoms with Crippen molar-refractivity contribution < 1.29 is 24.5 Å². The zero-order chi connectivity index (χ0) is 38.7. The second-order valence-electron chi connectivity index (χ2n) is 14.2. The number of furan rings is 1. The summed E-state index contributed by atoms with van der Waals surface area (Å²) in [6, 6.07) is 63.8. The number of fused-ring (bicyclic) bond motifs is 2. The summed E-state index contributed by atoms with van der Waals surface area (Å²) in [6.45, 7) is 6.53. The number of benzene rings is 7. The fourth-order valence-corrected chi connectivity index (χ4v) is 7.91. The number of aromatic nitrogens is 3. The van der Waals surface area contributed by atoms with Crippen LogP contribution in [0.4, 0.5) is 0 Å². The Labute approximate surface area is 352 Å². The van der Waals surface area contributed by atoms with Gasteiger partial charge in [0.05, 0.1) is 22.5 Å². The minimum atomic E-state index is 0. The molecule has 0 spiro atoms. The van der Waals surface area contributed by atoms with Gasteiger partial charge in [0, 0.05) is 49.3 Å². The first-order valence-corrected chi connectivity index (χ1v) is 19.2. The summed E-state index contributed by atoms with van der Waals surface area (Å²) in [4.78, 5) is 9.49. The van der Waals surface area contributed by atoms with Crippen molar-refractivity contribution in [2.24, 2.45) is 0 Å². The van der Waals surface area contributed by atoms with Gasteiger partial charge in [-0.1, -0.05) is 150 Å². The number of pyridine rings is 1. The summed E-state index contributed by atoms with van der Waals surface area (Å²) in [6.07, 6.45) is 5.07. The summed E-state index contributed by atoms with van der Waals surface area (Å²) in [5, 5.41) is 0.988. The van der Waals surface area contributed by atoms with E-state index in [2.05, 4.69) is 170 Å². The molecule has 4 nitrogen and oxygen atoms in total. The Balaban J connectivity index is 0.000000309. The van der Waals surface area contributed by atoms with Gasteiger partial charge in [-0.3, -0.25) is 4.98 Å². The van der Waals surface area contributed by atoms with Crippen molar-refractivity contribution in [2.75, 3.05) is 0 Å². The Bertz CT molecular complexity index is 2850. The number of aryl methyl sites for hydroxylation is 3. The molecule has 1 radical (unpaired) electrons. The molecule has 283 valence electrons. The van der Waals surface area contributed by atoms with Gasteiger partial charge in [-0.15, -0.1) is 35.9 Å². The molecule has 0 saturated heterocycles. The molecule has 3 heterocycles. The van der Waals surface area contributed by atoms with Gasteiger partial charge in [0.25, 0.3) is 0 Å². The van der Waals surface area contributed by atoms with E-state index in [0.717, 1.165) is 78.2 Å². The van der Waals surface area contributed by atoms with Crippen LogP contribution in [0.3, 0.4) is 0 Å². The second kappa shape index (κ2) is 16.8. The molecule has 0 N–H and O–H groups in total. The van der Waals surface area contributed by atoms with Crippen LogP contribution in [0.2, 0.25) is 0 Å². The smallest absolute Gasteiger partial charge is 0.0774 e. The summed E-state index contributed by atoms with van der Waals surface area (Å²) >= 11 is 0. The van der Waals surface area contributed by atoms with Crippen LogP contribution in [0.1, 0.15) is 16.7 Å². The van der Waals surface area contributed by atoms with Crippen molar-refractivity contribution in [1.82, 2.24) is 14.5 Å². The summed E-state index contributed by atoms with van der Waals surface area (Å²) in [7, 11) is 0. The van der Waals surface area contributed by atoms with Gasteiger partial charge in [0.2, 0.25) is 0 Å². The molecule has 3 aromatic heterocycles. The molecule has 0 fully saturated rings. The fraction of sp³-hybridized carbons (Fsp3) is 0.0566. The molecule has 0 saturated carbocycles. The predicted molar refractivity (Wildman–Crippen MR) is 234 cm³/mol. The Morgan fingerprint density at radius 3 is 1.90 bits per heavy atom. The first-order chi connectivity index (χ1) is 28.0. The van der Waals surface area contributed by atoms with E-state index in [4.69, 9.17) is 9.40 Å². The van der Waals surface area contributed by atoms with E-state index in [9.17, 15) is 0 Å². The molecule has 7 aromatic carbocycles. The van der Waals surface area contributed by atoms with Gasteiger partial charge in [0.1, 0.15) is 0 Å². The van der Waals surface area contributed by atoms with Crippen LogP contribution in [0.5, 0.6) is 0 Å². The van der Waals surface area contributed by atoms with Crippen LogP contribution in [-0.2, 0) is 20.1 Å². The van der Waals surface area contributed by atoms with E-state index in [1.807, 2.05) is 48.5 Å². The van der Waals surface area contributed by atoms with Gasteiger partial charge < -0.3 is 14.0 Å². The van der Waals surface area contributed by atoms with E-state index in [1.165, 1.54) is 22.3 Å². The molecule has 0 amide bonds. The zero-order valence-corrected chi connectivity index (χ0v) is 34.8. The molecule has 5 heteroatoms. The zero-order valence-electron chi connectivity index (χ0n) is 32.4. The van der Waals surface area contributed by atoms with Gasteiger partial charge in [-0.25, -0.2) is 0 Å². The van der Waals surface area contributed by atoms with Gasteiger partial charge in [-0.05, 0) is 78.0 Å². The average Bonchev–Trinajstić information content (AvgIpc) is 3.86. The van der Waals surface area contributed by atoms with Crippen LogP contribution in [-0.4, -0.2) is 14.5 Å². The number of nitrogens with zero attached hydrogens (tertiary/aromatic N) is 3. The first kappa shape index (κ1) is 38.2. The van der Waals surface area contributed by atoms with Crippen molar-refractivity contribution in [2.45, 2.75) is 20.8 Å². The second-order valence-corrected chi connectivity index (χ2v) is 14.2. The van der Waals surface area contributed by atoms with E-state index in [1.54, 1.807) is 6.20 Å². The molecular weight excluding hydrogens is 887 g/mol. The van der Waals surface area contributed by atoms with Crippen LogP contribution in [0, 0.1) is 33.1 Å². The maximum atomic E-state index is 6.11. The molecular formula is C53H39IrN3O-2. The minimum absolute atomic E-state index is 0. The van der Waals surface area contributed by atoms with Gasteiger partial charge in [-0.2, -0.15) is 0 Å². The fourth-order valence-electron chi connectivity index (χ4n) is 7.91. The number of hydrogen-bond acceptors (Lipinski definition) is 3. The molecule has 58 heavy (non-hydrogen) atoms. The molecule has 0 bridgehead atoms. The van der Waals surface area contributed by atoms with Crippen molar-refractivity contribution in [3.05, 3.63) is 211 Å². The molecule has 0 aliphatic heterocycles. The van der Waals surface area contributed by atoms with Crippen molar-refractivity contribution in [1.29, 1.82) is 0 Å².